The number of carbonyl (C=O) groups excluding carboxylic acids is 1. The van der Waals surface area contributed by atoms with Gasteiger partial charge in [-0.25, -0.2) is 0 Å². The van der Waals surface area contributed by atoms with Gasteiger partial charge in [-0.05, 0) is 31.5 Å². The molecule has 21 heavy (non-hydrogen) atoms. The van der Waals surface area contributed by atoms with Gasteiger partial charge in [0.2, 0.25) is 0 Å². The lowest BCUT2D eigenvalue weighted by molar-refractivity contribution is 0.102. The summed E-state index contributed by atoms with van der Waals surface area (Å²) in [5.74, 6) is 0.394. The van der Waals surface area contributed by atoms with Gasteiger partial charge in [0.05, 0.1) is 5.75 Å². The number of halogens is 1. The number of rotatable bonds is 5. The number of benzene rings is 2. The molecule has 0 N–H and O–H groups in total. The van der Waals surface area contributed by atoms with Gasteiger partial charge in [0.1, 0.15) is 0 Å². The molecule has 0 aliphatic rings. The first kappa shape index (κ1) is 16.1. The summed E-state index contributed by atoms with van der Waals surface area (Å²) in [5.41, 5.74) is 3.92. The van der Waals surface area contributed by atoms with Crippen LogP contribution in [0.15, 0.2) is 46.9 Å². The van der Waals surface area contributed by atoms with E-state index in [0.29, 0.717) is 11.3 Å². The predicted octanol–water partition coefficient (Wildman–Crippen LogP) is 4.20. The average Bonchev–Trinajstić information content (AvgIpc) is 2.37. The molecule has 2 rings (SSSR count). The second kappa shape index (κ2) is 7.14. The van der Waals surface area contributed by atoms with Gasteiger partial charge in [0, 0.05) is 26.6 Å². The van der Waals surface area contributed by atoms with Gasteiger partial charge in [0.15, 0.2) is 5.78 Å². The van der Waals surface area contributed by atoms with Crippen LogP contribution in [0.2, 0.25) is 0 Å². The van der Waals surface area contributed by atoms with E-state index in [1.165, 1.54) is 0 Å². The fourth-order valence-corrected chi connectivity index (χ4v) is 3.78. The van der Waals surface area contributed by atoms with Gasteiger partial charge >= 0.3 is 0 Å². The minimum Gasteiger partial charge on any atom is -0.293 e. The molecule has 0 radical (unpaired) electrons. The zero-order valence-corrected chi connectivity index (χ0v) is 14.5. The molecule has 0 fully saturated rings. The Bertz CT molecular complexity index is 675. The van der Waals surface area contributed by atoms with Gasteiger partial charge in [-0.1, -0.05) is 57.4 Å². The van der Waals surface area contributed by atoms with E-state index in [4.69, 9.17) is 0 Å². The summed E-state index contributed by atoms with van der Waals surface area (Å²) in [6.07, 6.45) is 0. The fraction of sp³-hybridized carbons (Fsp3) is 0.235. The Morgan fingerprint density at radius 3 is 2.38 bits per heavy atom. The Hall–Kier alpha value is -1.26. The third kappa shape index (κ3) is 4.90. The first-order valence-corrected chi connectivity index (χ1v) is 8.93. The molecule has 0 saturated carbocycles. The number of hydrogen-bond acceptors (Lipinski definition) is 2. The fourth-order valence-electron chi connectivity index (χ4n) is 2.28. The molecule has 0 amide bonds. The van der Waals surface area contributed by atoms with E-state index in [-0.39, 0.29) is 11.5 Å². The van der Waals surface area contributed by atoms with Crippen LogP contribution in [0.4, 0.5) is 0 Å². The molecule has 2 aromatic carbocycles. The van der Waals surface area contributed by atoms with Crippen LogP contribution in [-0.4, -0.2) is 15.7 Å². The monoisotopic (exact) mass is 364 g/mol. The highest BCUT2D eigenvalue weighted by atomic mass is 79.9. The van der Waals surface area contributed by atoms with E-state index in [1.807, 2.05) is 38.1 Å². The van der Waals surface area contributed by atoms with Gasteiger partial charge in [0.25, 0.3) is 0 Å². The molecular weight excluding hydrogens is 348 g/mol. The van der Waals surface area contributed by atoms with E-state index in [0.717, 1.165) is 21.2 Å². The van der Waals surface area contributed by atoms with Crippen LogP contribution in [0.3, 0.4) is 0 Å². The molecule has 0 spiro atoms. The third-order valence-corrected chi connectivity index (χ3v) is 4.78. The van der Waals surface area contributed by atoms with Gasteiger partial charge in [-0.2, -0.15) is 0 Å². The first-order chi connectivity index (χ1) is 9.94. The quantitative estimate of drug-likeness (QED) is 0.745. The lowest BCUT2D eigenvalue weighted by atomic mass is 10.1. The molecule has 1 unspecified atom stereocenters. The largest absolute Gasteiger partial charge is 0.293 e. The Labute approximate surface area is 136 Å². The van der Waals surface area contributed by atoms with Crippen LogP contribution >= 0.6 is 15.9 Å². The van der Waals surface area contributed by atoms with Gasteiger partial charge in [-0.15, -0.1) is 0 Å². The molecule has 2 aromatic rings. The molecule has 0 heterocycles. The topological polar surface area (TPSA) is 34.1 Å². The minimum atomic E-state index is -1.19. The maximum absolute atomic E-state index is 12.2. The Morgan fingerprint density at radius 2 is 1.76 bits per heavy atom. The van der Waals surface area contributed by atoms with Crippen molar-refractivity contribution in [2.24, 2.45) is 0 Å². The van der Waals surface area contributed by atoms with Crippen molar-refractivity contribution in [3.05, 3.63) is 69.2 Å². The maximum atomic E-state index is 12.2. The molecule has 0 bridgehead atoms. The van der Waals surface area contributed by atoms with Crippen molar-refractivity contribution in [1.29, 1.82) is 0 Å². The molecule has 2 nitrogen and oxygen atoms in total. The lowest BCUT2D eigenvalue weighted by Crippen LogP contribution is -2.12. The van der Waals surface area contributed by atoms with Crippen LogP contribution in [0.1, 0.15) is 27.0 Å². The third-order valence-electron chi connectivity index (χ3n) is 3.05. The van der Waals surface area contributed by atoms with E-state index in [1.54, 1.807) is 12.1 Å². The van der Waals surface area contributed by atoms with Gasteiger partial charge in [-0.3, -0.25) is 9.00 Å². The van der Waals surface area contributed by atoms with Crippen LogP contribution in [0, 0.1) is 13.8 Å². The number of aryl methyl sites for hydroxylation is 2. The van der Waals surface area contributed by atoms with Crippen molar-refractivity contribution in [3.8, 4) is 0 Å². The summed E-state index contributed by atoms with van der Waals surface area (Å²) in [4.78, 5) is 12.1. The molecule has 1 atom stereocenters. The summed E-state index contributed by atoms with van der Waals surface area (Å²) in [5, 5.41) is 0. The highest BCUT2D eigenvalue weighted by molar-refractivity contribution is 9.10. The van der Waals surface area contributed by atoms with Crippen molar-refractivity contribution in [2.45, 2.75) is 19.6 Å². The SMILES string of the molecule is Cc1cc(C)cc(CS(=O)CC(=O)c2cccc(Br)c2)c1. The molecule has 0 aromatic heterocycles. The summed E-state index contributed by atoms with van der Waals surface area (Å²) in [6, 6.07) is 13.3. The number of hydrogen-bond donors (Lipinski definition) is 0. The summed E-state index contributed by atoms with van der Waals surface area (Å²) in [7, 11) is -1.19. The second-order valence-corrected chi connectivity index (χ2v) is 7.53. The predicted molar refractivity (Wildman–Crippen MR) is 91.1 cm³/mol. The molecule has 0 aliphatic carbocycles. The number of ketones is 1. The smallest absolute Gasteiger partial charge is 0.175 e. The molecule has 0 aliphatic heterocycles. The summed E-state index contributed by atoms with van der Waals surface area (Å²) < 4.78 is 13.0. The highest BCUT2D eigenvalue weighted by Gasteiger charge is 2.12. The van der Waals surface area contributed by atoms with Crippen molar-refractivity contribution >= 4 is 32.5 Å². The zero-order valence-electron chi connectivity index (χ0n) is 12.1. The Kier molecular flexibility index (Phi) is 5.48. The lowest BCUT2D eigenvalue weighted by Gasteiger charge is -2.06. The number of Topliss-reactive ketones (excluding diaryl/α,β-unsaturated/α-hetero) is 1. The summed E-state index contributed by atoms with van der Waals surface area (Å²) in [6.45, 7) is 4.04. The molecule has 0 saturated heterocycles. The zero-order chi connectivity index (χ0) is 15.4. The molecule has 4 heteroatoms. The number of carbonyl (C=O) groups is 1. The minimum absolute atomic E-state index is 0.0590. The van der Waals surface area contributed by atoms with Gasteiger partial charge < -0.3 is 0 Å². The van der Waals surface area contributed by atoms with Crippen molar-refractivity contribution < 1.29 is 9.00 Å². The average molecular weight is 365 g/mol. The standard InChI is InChI=1S/C17H17BrO2S/c1-12-6-13(2)8-14(7-12)10-21(20)11-17(19)15-4-3-5-16(18)9-15/h3-9H,10-11H2,1-2H3. The van der Waals surface area contributed by atoms with Crippen LogP contribution in [0.5, 0.6) is 0 Å². The maximum Gasteiger partial charge on any atom is 0.175 e. The normalized spacial score (nSPS) is 12.1. The van der Waals surface area contributed by atoms with Crippen molar-refractivity contribution in [2.75, 3.05) is 5.75 Å². The van der Waals surface area contributed by atoms with Crippen LogP contribution in [0.25, 0.3) is 0 Å². The van der Waals surface area contributed by atoms with Crippen molar-refractivity contribution in [1.82, 2.24) is 0 Å². The van der Waals surface area contributed by atoms with Crippen molar-refractivity contribution in [3.63, 3.8) is 0 Å². The highest BCUT2D eigenvalue weighted by Crippen LogP contribution is 2.14. The van der Waals surface area contributed by atoms with E-state index >= 15 is 0 Å². The Morgan fingerprint density at radius 1 is 1.10 bits per heavy atom. The van der Waals surface area contributed by atoms with E-state index in [9.17, 15) is 9.00 Å². The van der Waals surface area contributed by atoms with Crippen LogP contribution in [-0.2, 0) is 16.6 Å². The molecular formula is C17H17BrO2S. The van der Waals surface area contributed by atoms with E-state index < -0.39 is 10.8 Å². The van der Waals surface area contributed by atoms with E-state index in [2.05, 4.69) is 22.0 Å². The second-order valence-electron chi connectivity index (χ2n) is 5.16. The summed E-state index contributed by atoms with van der Waals surface area (Å²) >= 11 is 3.34. The van der Waals surface area contributed by atoms with Crippen LogP contribution < -0.4 is 0 Å². The first-order valence-electron chi connectivity index (χ1n) is 6.65. The Balaban J connectivity index is 2.03. The molecule has 110 valence electrons.